The summed E-state index contributed by atoms with van der Waals surface area (Å²) in [6.07, 6.45) is 0. The van der Waals surface area contributed by atoms with Gasteiger partial charge in [-0.25, -0.2) is 8.78 Å². The van der Waals surface area contributed by atoms with Crippen LogP contribution in [0.2, 0.25) is 0 Å². The predicted octanol–water partition coefficient (Wildman–Crippen LogP) is 4.58. The van der Waals surface area contributed by atoms with Crippen LogP contribution in [0.5, 0.6) is 0 Å². The number of nitrogens with one attached hydrogen (secondary N) is 1. The van der Waals surface area contributed by atoms with Gasteiger partial charge in [-0.3, -0.25) is 4.79 Å². The molecule has 0 spiro atoms. The Hall–Kier alpha value is -1.02. The van der Waals surface area contributed by atoms with Crippen LogP contribution in [0.1, 0.15) is 10.4 Å². The van der Waals surface area contributed by atoms with Gasteiger partial charge in [0.2, 0.25) is 0 Å². The first-order valence-corrected chi connectivity index (χ1v) is 7.06. The smallest absolute Gasteiger partial charge is 0.261 e. The number of benzene rings is 2. The summed E-state index contributed by atoms with van der Waals surface area (Å²) in [6, 6.07) is 9.07. The molecule has 0 bridgehead atoms. The molecule has 0 aliphatic heterocycles. The van der Waals surface area contributed by atoms with Crippen molar-refractivity contribution >= 4 is 50.1 Å². The SMILES string of the molecule is O=C(Nc1ccccc1I)c1c(F)cc(Br)cc1F. The molecule has 0 fully saturated rings. The van der Waals surface area contributed by atoms with Crippen molar-refractivity contribution in [1.29, 1.82) is 0 Å². The van der Waals surface area contributed by atoms with E-state index in [2.05, 4.69) is 21.2 Å². The average molecular weight is 438 g/mol. The van der Waals surface area contributed by atoms with E-state index < -0.39 is 23.1 Å². The minimum absolute atomic E-state index is 0.244. The fourth-order valence-corrected chi connectivity index (χ4v) is 2.43. The van der Waals surface area contributed by atoms with Crippen molar-refractivity contribution in [1.82, 2.24) is 0 Å². The lowest BCUT2D eigenvalue weighted by molar-refractivity contribution is 0.101. The van der Waals surface area contributed by atoms with E-state index >= 15 is 0 Å². The molecule has 0 heterocycles. The summed E-state index contributed by atoms with van der Waals surface area (Å²) >= 11 is 4.99. The zero-order chi connectivity index (χ0) is 14.0. The summed E-state index contributed by atoms with van der Waals surface area (Å²) in [7, 11) is 0. The highest BCUT2D eigenvalue weighted by atomic mass is 127. The normalized spacial score (nSPS) is 10.3. The van der Waals surface area contributed by atoms with Gasteiger partial charge in [0.15, 0.2) is 0 Å². The van der Waals surface area contributed by atoms with Gasteiger partial charge in [0, 0.05) is 8.04 Å². The van der Waals surface area contributed by atoms with Crippen LogP contribution >= 0.6 is 38.5 Å². The second kappa shape index (κ2) is 5.96. The predicted molar refractivity (Wildman–Crippen MR) is 81.2 cm³/mol. The van der Waals surface area contributed by atoms with Gasteiger partial charge in [0.25, 0.3) is 5.91 Å². The second-order valence-corrected chi connectivity index (χ2v) is 5.76. The highest BCUT2D eigenvalue weighted by Crippen LogP contribution is 2.22. The second-order valence-electron chi connectivity index (χ2n) is 3.68. The molecule has 0 atom stereocenters. The number of hydrogen-bond acceptors (Lipinski definition) is 1. The van der Waals surface area contributed by atoms with E-state index in [1.165, 1.54) is 0 Å². The van der Waals surface area contributed by atoms with Crippen LogP contribution in [-0.2, 0) is 0 Å². The Kier molecular flexibility index (Phi) is 4.51. The fraction of sp³-hybridized carbons (Fsp3) is 0. The molecule has 1 N–H and O–H groups in total. The van der Waals surface area contributed by atoms with Crippen molar-refractivity contribution in [3.8, 4) is 0 Å². The van der Waals surface area contributed by atoms with Crippen molar-refractivity contribution in [3.63, 3.8) is 0 Å². The first kappa shape index (κ1) is 14.4. The average Bonchev–Trinajstić information content (AvgIpc) is 2.30. The van der Waals surface area contributed by atoms with Gasteiger partial charge in [-0.15, -0.1) is 0 Å². The van der Waals surface area contributed by atoms with Crippen LogP contribution in [-0.4, -0.2) is 5.91 Å². The van der Waals surface area contributed by atoms with Crippen LogP contribution in [0.15, 0.2) is 40.9 Å². The topological polar surface area (TPSA) is 29.1 Å². The third kappa shape index (κ3) is 3.30. The van der Waals surface area contributed by atoms with Crippen molar-refractivity contribution in [2.45, 2.75) is 0 Å². The van der Waals surface area contributed by atoms with Gasteiger partial charge in [-0.05, 0) is 46.9 Å². The lowest BCUT2D eigenvalue weighted by Crippen LogP contribution is -2.16. The largest absolute Gasteiger partial charge is 0.321 e. The van der Waals surface area contributed by atoms with Crippen molar-refractivity contribution in [2.24, 2.45) is 0 Å². The molecule has 0 aliphatic carbocycles. The van der Waals surface area contributed by atoms with Crippen LogP contribution < -0.4 is 5.32 Å². The molecular weight excluding hydrogens is 431 g/mol. The summed E-state index contributed by atoms with van der Waals surface area (Å²) in [6.45, 7) is 0. The van der Waals surface area contributed by atoms with E-state index in [9.17, 15) is 13.6 Å². The number of rotatable bonds is 2. The monoisotopic (exact) mass is 437 g/mol. The van der Waals surface area contributed by atoms with Gasteiger partial charge < -0.3 is 5.32 Å². The highest BCUT2D eigenvalue weighted by molar-refractivity contribution is 14.1. The maximum atomic E-state index is 13.6. The zero-order valence-electron chi connectivity index (χ0n) is 9.38. The molecule has 0 saturated carbocycles. The van der Waals surface area contributed by atoms with Crippen LogP contribution in [0, 0.1) is 15.2 Å². The molecule has 98 valence electrons. The molecule has 2 rings (SSSR count). The number of para-hydroxylation sites is 1. The molecule has 0 saturated heterocycles. The summed E-state index contributed by atoms with van der Waals surface area (Å²) < 4.78 is 28.3. The summed E-state index contributed by atoms with van der Waals surface area (Å²) in [5.74, 6) is -2.63. The van der Waals surface area contributed by atoms with E-state index in [0.717, 1.165) is 15.7 Å². The Bertz CT molecular complexity index is 625. The first-order valence-electron chi connectivity index (χ1n) is 5.19. The number of carbonyl (C=O) groups excluding carboxylic acids is 1. The van der Waals surface area contributed by atoms with Crippen molar-refractivity contribution in [3.05, 3.63) is 61.6 Å². The van der Waals surface area contributed by atoms with E-state index in [1.807, 2.05) is 22.6 Å². The molecule has 2 nitrogen and oxygen atoms in total. The number of hydrogen-bond donors (Lipinski definition) is 1. The molecule has 0 aromatic heterocycles. The standard InChI is InChI=1S/C13H7BrF2INO/c14-7-5-8(15)12(9(16)6-7)13(19)18-11-4-2-1-3-10(11)17/h1-6H,(H,18,19). The maximum absolute atomic E-state index is 13.6. The number of amides is 1. The van der Waals surface area contributed by atoms with Crippen molar-refractivity contribution in [2.75, 3.05) is 5.32 Å². The lowest BCUT2D eigenvalue weighted by Gasteiger charge is -2.09. The minimum Gasteiger partial charge on any atom is -0.321 e. The molecule has 2 aromatic carbocycles. The molecule has 6 heteroatoms. The summed E-state index contributed by atoms with van der Waals surface area (Å²) in [5.41, 5.74) is -0.0855. The highest BCUT2D eigenvalue weighted by Gasteiger charge is 2.19. The first-order chi connectivity index (χ1) is 8.99. The van der Waals surface area contributed by atoms with Gasteiger partial charge >= 0.3 is 0 Å². The lowest BCUT2D eigenvalue weighted by atomic mass is 10.2. The van der Waals surface area contributed by atoms with Gasteiger partial charge in [0.05, 0.1) is 5.69 Å². The van der Waals surface area contributed by atoms with Gasteiger partial charge in [-0.2, -0.15) is 0 Å². The molecule has 0 unspecified atom stereocenters. The summed E-state index contributed by atoms with van der Waals surface area (Å²) in [5, 5.41) is 2.49. The van der Waals surface area contributed by atoms with Crippen LogP contribution in [0.25, 0.3) is 0 Å². The van der Waals surface area contributed by atoms with Crippen LogP contribution in [0.3, 0.4) is 0 Å². The summed E-state index contributed by atoms with van der Waals surface area (Å²) in [4.78, 5) is 11.9. The molecular formula is C13H7BrF2INO. The Labute approximate surface area is 130 Å². The van der Waals surface area contributed by atoms with E-state index in [1.54, 1.807) is 24.3 Å². The third-order valence-electron chi connectivity index (χ3n) is 2.36. The minimum atomic E-state index is -0.907. The van der Waals surface area contributed by atoms with E-state index in [4.69, 9.17) is 0 Å². The zero-order valence-corrected chi connectivity index (χ0v) is 13.1. The maximum Gasteiger partial charge on any atom is 0.261 e. The fourth-order valence-electron chi connectivity index (χ4n) is 1.51. The molecule has 1 amide bonds. The van der Waals surface area contributed by atoms with Crippen LogP contribution in [0.4, 0.5) is 14.5 Å². The Morgan fingerprint density at radius 3 is 2.32 bits per heavy atom. The molecule has 19 heavy (non-hydrogen) atoms. The Balaban J connectivity index is 2.34. The quantitative estimate of drug-likeness (QED) is 0.684. The number of carbonyl (C=O) groups is 1. The molecule has 0 radical (unpaired) electrons. The van der Waals surface area contributed by atoms with Gasteiger partial charge in [-0.1, -0.05) is 28.1 Å². The van der Waals surface area contributed by atoms with E-state index in [-0.39, 0.29) is 4.47 Å². The third-order valence-corrected chi connectivity index (χ3v) is 3.75. The molecule has 0 aliphatic rings. The van der Waals surface area contributed by atoms with Crippen molar-refractivity contribution < 1.29 is 13.6 Å². The van der Waals surface area contributed by atoms with E-state index in [0.29, 0.717) is 5.69 Å². The number of halogens is 4. The Morgan fingerprint density at radius 1 is 1.16 bits per heavy atom. The Morgan fingerprint density at radius 2 is 1.74 bits per heavy atom. The van der Waals surface area contributed by atoms with Gasteiger partial charge in [0.1, 0.15) is 17.2 Å². The number of anilines is 1. The molecule has 2 aromatic rings.